The molecule has 3 amide bonds. The summed E-state index contributed by atoms with van der Waals surface area (Å²) in [7, 11) is 0. The minimum absolute atomic E-state index is 0.0958. The van der Waals surface area contributed by atoms with Gasteiger partial charge < -0.3 is 23.8 Å². The minimum Gasteiger partial charge on any atom is -0.379 e. The van der Waals surface area contributed by atoms with Gasteiger partial charge in [-0.3, -0.25) is 19.3 Å². The van der Waals surface area contributed by atoms with Crippen LogP contribution in [0.15, 0.2) is 0 Å². The number of amides is 3. The lowest BCUT2D eigenvalue weighted by Crippen LogP contribution is -2.36. The Hall–Kier alpha value is -1.55. The van der Waals surface area contributed by atoms with Crippen LogP contribution in [0.2, 0.25) is 0 Å². The van der Waals surface area contributed by atoms with E-state index < -0.39 is 0 Å². The highest BCUT2D eigenvalue weighted by Crippen LogP contribution is 2.35. The Morgan fingerprint density at radius 3 is 1.95 bits per heavy atom. The van der Waals surface area contributed by atoms with E-state index in [1.165, 1.54) is 4.90 Å². The molecule has 2 unspecified atom stereocenters. The van der Waals surface area contributed by atoms with E-state index in [0.29, 0.717) is 77.0 Å². The lowest BCUT2D eigenvalue weighted by atomic mass is 9.80. The Labute approximate surface area is 223 Å². The van der Waals surface area contributed by atoms with Gasteiger partial charge in [-0.1, -0.05) is 41.5 Å². The van der Waals surface area contributed by atoms with Crippen molar-refractivity contribution in [3.8, 4) is 0 Å². The maximum Gasteiger partial charge on any atom is 0.233 e. The first kappa shape index (κ1) is 31.7. The molecule has 2 rings (SSSR count). The number of carbonyl (C=O) groups excluding carboxylic acids is 3. The van der Waals surface area contributed by atoms with Crippen LogP contribution in [0.3, 0.4) is 0 Å². The number of rotatable bonds is 17. The second kappa shape index (κ2) is 15.8. The SMILES string of the molecule is CC(C)C(C)[C@@H]1CCN(C(=O)CCOCCOCCOCCOCCN2C(=O)CC(C(C)(C)C)C2=O)C1. The summed E-state index contributed by atoms with van der Waals surface area (Å²) < 4.78 is 22.0. The first-order chi connectivity index (χ1) is 17.5. The van der Waals surface area contributed by atoms with Crippen molar-refractivity contribution in [2.75, 3.05) is 72.5 Å². The van der Waals surface area contributed by atoms with Crippen molar-refractivity contribution in [3.63, 3.8) is 0 Å². The van der Waals surface area contributed by atoms with E-state index in [9.17, 15) is 14.4 Å². The molecule has 0 bridgehead atoms. The normalized spacial score (nSPS) is 21.5. The number of hydrogen-bond acceptors (Lipinski definition) is 7. The maximum absolute atomic E-state index is 12.4. The zero-order valence-electron chi connectivity index (χ0n) is 24.0. The molecule has 2 aliphatic heterocycles. The van der Waals surface area contributed by atoms with Gasteiger partial charge in [-0.15, -0.1) is 0 Å². The first-order valence-corrected chi connectivity index (χ1v) is 13.9. The fourth-order valence-corrected chi connectivity index (χ4v) is 4.82. The number of imide groups is 1. The van der Waals surface area contributed by atoms with Gasteiger partial charge in [0.1, 0.15) is 0 Å². The Bertz CT molecular complexity index is 722. The largest absolute Gasteiger partial charge is 0.379 e. The Kier molecular flexibility index (Phi) is 13.5. The molecule has 0 radical (unpaired) electrons. The molecular formula is C28H50N2O7. The summed E-state index contributed by atoms with van der Waals surface area (Å²) in [4.78, 5) is 40.2. The van der Waals surface area contributed by atoms with Gasteiger partial charge in [-0.2, -0.15) is 0 Å². The quantitative estimate of drug-likeness (QED) is 0.212. The summed E-state index contributed by atoms with van der Waals surface area (Å²) >= 11 is 0. The molecule has 0 aromatic carbocycles. The zero-order chi connectivity index (χ0) is 27.4. The van der Waals surface area contributed by atoms with E-state index in [1.54, 1.807) is 0 Å². The topological polar surface area (TPSA) is 94.6 Å². The van der Waals surface area contributed by atoms with Crippen LogP contribution < -0.4 is 0 Å². The van der Waals surface area contributed by atoms with E-state index in [2.05, 4.69) is 20.8 Å². The highest BCUT2D eigenvalue weighted by atomic mass is 16.6. The van der Waals surface area contributed by atoms with Gasteiger partial charge >= 0.3 is 0 Å². The molecule has 9 nitrogen and oxygen atoms in total. The Balaban J connectivity index is 1.37. The Morgan fingerprint density at radius 2 is 1.43 bits per heavy atom. The van der Waals surface area contributed by atoms with Crippen LogP contribution in [0.1, 0.15) is 60.8 Å². The number of carbonyl (C=O) groups is 3. The molecule has 0 aromatic heterocycles. The van der Waals surface area contributed by atoms with Crippen LogP contribution in [0.25, 0.3) is 0 Å². The molecule has 0 spiro atoms. The van der Waals surface area contributed by atoms with Crippen molar-refractivity contribution >= 4 is 17.7 Å². The summed E-state index contributed by atoms with van der Waals surface area (Å²) in [5.74, 6) is 1.62. The van der Waals surface area contributed by atoms with Crippen LogP contribution in [-0.4, -0.2) is 100 Å². The van der Waals surface area contributed by atoms with Gasteiger partial charge in [-0.05, 0) is 29.6 Å². The lowest BCUT2D eigenvalue weighted by molar-refractivity contribution is -0.141. The summed E-state index contributed by atoms with van der Waals surface area (Å²) in [5, 5.41) is 0. The van der Waals surface area contributed by atoms with Gasteiger partial charge in [-0.25, -0.2) is 0 Å². The first-order valence-electron chi connectivity index (χ1n) is 13.9. The molecule has 214 valence electrons. The lowest BCUT2D eigenvalue weighted by Gasteiger charge is -2.24. The highest BCUT2D eigenvalue weighted by Gasteiger charge is 2.44. The standard InChI is InChI=1S/C28H50N2O7/c1-21(2)22(3)23-7-9-29(20-23)25(31)8-11-34-13-15-36-17-18-37-16-14-35-12-10-30-26(32)19-24(27(30)33)28(4,5)6/h21-24H,7-20H2,1-6H3/t22?,23-,24?/m1/s1. The van der Waals surface area contributed by atoms with Gasteiger partial charge in [0.05, 0.1) is 71.7 Å². The third-order valence-corrected chi connectivity index (χ3v) is 7.70. The van der Waals surface area contributed by atoms with Gasteiger partial charge in [0.25, 0.3) is 0 Å². The zero-order valence-corrected chi connectivity index (χ0v) is 24.0. The number of ether oxygens (including phenoxy) is 4. The molecule has 2 fully saturated rings. The number of likely N-dealkylation sites (tertiary alicyclic amines) is 2. The molecule has 9 heteroatoms. The minimum atomic E-state index is -0.252. The average Bonchev–Trinajstić information content (AvgIpc) is 3.43. The summed E-state index contributed by atoms with van der Waals surface area (Å²) in [6.45, 7) is 18.1. The second-order valence-electron chi connectivity index (χ2n) is 11.7. The van der Waals surface area contributed by atoms with Crippen molar-refractivity contribution in [2.45, 2.75) is 60.8 Å². The van der Waals surface area contributed by atoms with E-state index in [0.717, 1.165) is 19.5 Å². The maximum atomic E-state index is 12.4. The van der Waals surface area contributed by atoms with Gasteiger partial charge in [0.15, 0.2) is 0 Å². The van der Waals surface area contributed by atoms with Crippen LogP contribution >= 0.6 is 0 Å². The average molecular weight is 527 g/mol. The van der Waals surface area contributed by atoms with Crippen molar-refractivity contribution in [2.24, 2.45) is 29.1 Å². The molecular weight excluding hydrogens is 476 g/mol. The van der Waals surface area contributed by atoms with Crippen molar-refractivity contribution in [1.82, 2.24) is 9.80 Å². The summed E-state index contributed by atoms with van der Waals surface area (Å²) in [6, 6.07) is 0. The fraction of sp³-hybridized carbons (Fsp3) is 0.893. The Morgan fingerprint density at radius 1 is 0.892 bits per heavy atom. The summed E-state index contributed by atoms with van der Waals surface area (Å²) in [6.07, 6.45) is 1.81. The van der Waals surface area contributed by atoms with Crippen LogP contribution in [0.4, 0.5) is 0 Å². The van der Waals surface area contributed by atoms with Crippen LogP contribution in [0, 0.1) is 29.1 Å². The van der Waals surface area contributed by atoms with Crippen molar-refractivity contribution in [1.29, 1.82) is 0 Å². The predicted octanol–water partition coefficient (Wildman–Crippen LogP) is 3.00. The molecule has 2 aliphatic rings. The molecule has 2 heterocycles. The second-order valence-corrected chi connectivity index (χ2v) is 11.7. The van der Waals surface area contributed by atoms with Gasteiger partial charge in [0, 0.05) is 19.5 Å². The van der Waals surface area contributed by atoms with E-state index in [-0.39, 0.29) is 42.0 Å². The molecule has 37 heavy (non-hydrogen) atoms. The van der Waals surface area contributed by atoms with Crippen molar-refractivity contribution in [3.05, 3.63) is 0 Å². The van der Waals surface area contributed by atoms with Crippen LogP contribution in [-0.2, 0) is 33.3 Å². The number of hydrogen-bond donors (Lipinski definition) is 0. The third kappa shape index (κ3) is 10.6. The van der Waals surface area contributed by atoms with Gasteiger partial charge in [0.2, 0.25) is 17.7 Å². The smallest absolute Gasteiger partial charge is 0.233 e. The third-order valence-electron chi connectivity index (χ3n) is 7.70. The molecule has 3 atom stereocenters. The monoisotopic (exact) mass is 526 g/mol. The predicted molar refractivity (Wildman–Crippen MR) is 141 cm³/mol. The highest BCUT2D eigenvalue weighted by molar-refractivity contribution is 6.03. The number of nitrogens with zero attached hydrogens (tertiary/aromatic N) is 2. The molecule has 0 saturated carbocycles. The van der Waals surface area contributed by atoms with E-state index >= 15 is 0 Å². The van der Waals surface area contributed by atoms with Crippen LogP contribution in [0.5, 0.6) is 0 Å². The van der Waals surface area contributed by atoms with Crippen molar-refractivity contribution < 1.29 is 33.3 Å². The molecule has 0 aliphatic carbocycles. The molecule has 0 N–H and O–H groups in total. The van der Waals surface area contributed by atoms with E-state index in [4.69, 9.17) is 18.9 Å². The molecule has 0 aromatic rings. The summed E-state index contributed by atoms with van der Waals surface area (Å²) in [5.41, 5.74) is -0.215. The fourth-order valence-electron chi connectivity index (χ4n) is 4.82. The van der Waals surface area contributed by atoms with E-state index in [1.807, 2.05) is 25.7 Å². The molecule has 2 saturated heterocycles.